The number of amides is 1. The highest BCUT2D eigenvalue weighted by Gasteiger charge is 2.20. The van der Waals surface area contributed by atoms with Crippen molar-refractivity contribution < 1.29 is 4.79 Å². The summed E-state index contributed by atoms with van der Waals surface area (Å²) in [5.41, 5.74) is 2.30. The van der Waals surface area contributed by atoms with Crippen molar-refractivity contribution in [3.05, 3.63) is 52.0 Å². The van der Waals surface area contributed by atoms with Crippen LogP contribution >= 0.6 is 11.3 Å². The summed E-state index contributed by atoms with van der Waals surface area (Å²) in [4.78, 5) is 21.5. The summed E-state index contributed by atoms with van der Waals surface area (Å²) >= 11 is 1.70. The van der Waals surface area contributed by atoms with Crippen LogP contribution in [-0.2, 0) is 11.3 Å². The van der Waals surface area contributed by atoms with E-state index in [1.807, 2.05) is 44.2 Å². The van der Waals surface area contributed by atoms with Crippen molar-refractivity contribution in [2.75, 3.05) is 32.7 Å². The minimum atomic E-state index is 0.0443. The molecule has 134 valence electrons. The number of rotatable bonds is 6. The fourth-order valence-corrected chi connectivity index (χ4v) is 3.73. The van der Waals surface area contributed by atoms with E-state index < -0.39 is 0 Å². The van der Waals surface area contributed by atoms with Crippen LogP contribution in [0, 0.1) is 6.92 Å². The SMILES string of the molecule is Cc1nc(CN2CCN(CC(=O)NC(C)c3ccccc3)CC2)cs1. The van der Waals surface area contributed by atoms with Gasteiger partial charge in [0.2, 0.25) is 5.91 Å². The molecule has 1 atom stereocenters. The Hall–Kier alpha value is -1.76. The predicted molar refractivity (Wildman–Crippen MR) is 102 cm³/mol. The van der Waals surface area contributed by atoms with Gasteiger partial charge in [0, 0.05) is 38.1 Å². The van der Waals surface area contributed by atoms with Gasteiger partial charge in [0.15, 0.2) is 0 Å². The lowest BCUT2D eigenvalue weighted by Gasteiger charge is -2.34. The minimum absolute atomic E-state index is 0.0443. The number of piperazine rings is 1. The smallest absolute Gasteiger partial charge is 0.234 e. The second kappa shape index (κ2) is 8.56. The van der Waals surface area contributed by atoms with E-state index in [-0.39, 0.29) is 11.9 Å². The quantitative estimate of drug-likeness (QED) is 0.862. The topological polar surface area (TPSA) is 48.5 Å². The van der Waals surface area contributed by atoms with Crippen molar-refractivity contribution in [3.63, 3.8) is 0 Å². The van der Waals surface area contributed by atoms with E-state index in [9.17, 15) is 4.79 Å². The predicted octanol–water partition coefficient (Wildman–Crippen LogP) is 2.45. The van der Waals surface area contributed by atoms with Crippen LogP contribution in [0.15, 0.2) is 35.7 Å². The van der Waals surface area contributed by atoms with Gasteiger partial charge in [0.1, 0.15) is 0 Å². The van der Waals surface area contributed by atoms with Gasteiger partial charge < -0.3 is 5.32 Å². The normalized spacial score (nSPS) is 17.4. The Morgan fingerprint density at radius 1 is 1.20 bits per heavy atom. The molecule has 1 unspecified atom stereocenters. The molecule has 1 amide bonds. The Labute approximate surface area is 153 Å². The molecule has 25 heavy (non-hydrogen) atoms. The zero-order valence-electron chi connectivity index (χ0n) is 14.9. The summed E-state index contributed by atoms with van der Waals surface area (Å²) in [6, 6.07) is 10.1. The van der Waals surface area contributed by atoms with Crippen molar-refractivity contribution in [1.82, 2.24) is 20.1 Å². The second-order valence-corrected chi connectivity index (χ2v) is 7.67. The molecule has 0 saturated carbocycles. The number of nitrogens with zero attached hydrogens (tertiary/aromatic N) is 3. The van der Waals surface area contributed by atoms with Gasteiger partial charge in [0.05, 0.1) is 23.3 Å². The standard InChI is InChI=1S/C19H26N4OS/c1-15(17-6-4-3-5-7-17)20-19(24)13-23-10-8-22(9-11-23)12-18-14-25-16(2)21-18/h3-7,14-15H,8-13H2,1-2H3,(H,20,24). The molecule has 1 saturated heterocycles. The van der Waals surface area contributed by atoms with E-state index in [4.69, 9.17) is 0 Å². The van der Waals surface area contributed by atoms with Crippen LogP contribution in [0.2, 0.25) is 0 Å². The van der Waals surface area contributed by atoms with Crippen LogP contribution in [0.5, 0.6) is 0 Å². The first-order chi connectivity index (χ1) is 12.1. The Balaban J connectivity index is 1.40. The van der Waals surface area contributed by atoms with Gasteiger partial charge in [-0.3, -0.25) is 14.6 Å². The molecule has 0 bridgehead atoms. The van der Waals surface area contributed by atoms with Crippen LogP contribution < -0.4 is 5.32 Å². The number of carbonyl (C=O) groups is 1. The Morgan fingerprint density at radius 3 is 2.52 bits per heavy atom. The van der Waals surface area contributed by atoms with Gasteiger partial charge in [0.25, 0.3) is 0 Å². The molecule has 2 heterocycles. The Morgan fingerprint density at radius 2 is 1.88 bits per heavy atom. The summed E-state index contributed by atoms with van der Waals surface area (Å²) in [5, 5.41) is 6.36. The lowest BCUT2D eigenvalue weighted by Crippen LogP contribution is -2.49. The summed E-state index contributed by atoms with van der Waals surface area (Å²) in [6.07, 6.45) is 0. The molecule has 1 fully saturated rings. The number of thiazole rings is 1. The number of benzene rings is 1. The van der Waals surface area contributed by atoms with Crippen molar-refractivity contribution >= 4 is 17.2 Å². The summed E-state index contributed by atoms with van der Waals surface area (Å²) < 4.78 is 0. The zero-order valence-corrected chi connectivity index (χ0v) is 15.8. The van der Waals surface area contributed by atoms with Gasteiger partial charge in [-0.2, -0.15) is 0 Å². The highest BCUT2D eigenvalue weighted by atomic mass is 32.1. The van der Waals surface area contributed by atoms with E-state index in [0.717, 1.165) is 49.0 Å². The first-order valence-corrected chi connectivity index (χ1v) is 9.68. The Bertz CT molecular complexity index is 680. The highest BCUT2D eigenvalue weighted by Crippen LogP contribution is 2.13. The van der Waals surface area contributed by atoms with Gasteiger partial charge >= 0.3 is 0 Å². The largest absolute Gasteiger partial charge is 0.348 e. The maximum absolute atomic E-state index is 12.3. The fourth-order valence-electron chi connectivity index (χ4n) is 3.13. The maximum atomic E-state index is 12.3. The van der Waals surface area contributed by atoms with Crippen LogP contribution in [0.4, 0.5) is 0 Å². The molecular weight excluding hydrogens is 332 g/mol. The number of nitrogens with one attached hydrogen (secondary N) is 1. The molecule has 1 aromatic heterocycles. The molecule has 1 aliphatic heterocycles. The minimum Gasteiger partial charge on any atom is -0.348 e. The molecule has 2 aromatic rings. The molecule has 1 aromatic carbocycles. The number of aromatic nitrogens is 1. The van der Waals surface area contributed by atoms with E-state index in [0.29, 0.717) is 6.54 Å². The van der Waals surface area contributed by atoms with Crippen molar-refractivity contribution in [2.45, 2.75) is 26.4 Å². The summed E-state index contributed by atoms with van der Waals surface area (Å²) in [7, 11) is 0. The van der Waals surface area contributed by atoms with Crippen LogP contribution in [0.3, 0.4) is 0 Å². The average Bonchev–Trinajstić information content (AvgIpc) is 3.02. The van der Waals surface area contributed by atoms with E-state index in [2.05, 4.69) is 25.5 Å². The molecule has 0 aliphatic carbocycles. The molecule has 1 N–H and O–H groups in total. The van der Waals surface area contributed by atoms with E-state index in [1.54, 1.807) is 11.3 Å². The number of hydrogen-bond acceptors (Lipinski definition) is 5. The van der Waals surface area contributed by atoms with E-state index >= 15 is 0 Å². The van der Waals surface area contributed by atoms with Crippen LogP contribution in [0.1, 0.15) is 29.2 Å². The van der Waals surface area contributed by atoms with Gasteiger partial charge in [-0.25, -0.2) is 4.98 Å². The number of hydrogen-bond donors (Lipinski definition) is 1. The third-order valence-corrected chi connectivity index (χ3v) is 5.38. The molecule has 3 rings (SSSR count). The summed E-state index contributed by atoms with van der Waals surface area (Å²) in [6.45, 7) is 9.28. The van der Waals surface area contributed by atoms with Crippen LogP contribution in [0.25, 0.3) is 0 Å². The molecule has 0 radical (unpaired) electrons. The lowest BCUT2D eigenvalue weighted by atomic mass is 10.1. The molecule has 0 spiro atoms. The van der Waals surface area contributed by atoms with Gasteiger partial charge in [-0.05, 0) is 19.4 Å². The van der Waals surface area contributed by atoms with Crippen LogP contribution in [-0.4, -0.2) is 53.4 Å². The van der Waals surface area contributed by atoms with Crippen molar-refractivity contribution in [2.24, 2.45) is 0 Å². The molecule has 1 aliphatic rings. The second-order valence-electron chi connectivity index (χ2n) is 6.61. The molecule has 6 heteroatoms. The number of aryl methyl sites for hydroxylation is 1. The average molecular weight is 359 g/mol. The molecule has 5 nitrogen and oxygen atoms in total. The summed E-state index contributed by atoms with van der Waals surface area (Å²) in [5.74, 6) is 0.0972. The van der Waals surface area contributed by atoms with Gasteiger partial charge in [-0.15, -0.1) is 11.3 Å². The third-order valence-electron chi connectivity index (χ3n) is 4.56. The maximum Gasteiger partial charge on any atom is 0.234 e. The van der Waals surface area contributed by atoms with Crippen molar-refractivity contribution in [3.8, 4) is 0 Å². The number of carbonyl (C=O) groups excluding carboxylic acids is 1. The highest BCUT2D eigenvalue weighted by molar-refractivity contribution is 7.09. The van der Waals surface area contributed by atoms with Gasteiger partial charge in [-0.1, -0.05) is 30.3 Å². The fraction of sp³-hybridized carbons (Fsp3) is 0.474. The lowest BCUT2D eigenvalue weighted by molar-refractivity contribution is -0.123. The third kappa shape index (κ3) is 5.36. The first kappa shape index (κ1) is 18.0. The first-order valence-electron chi connectivity index (χ1n) is 8.80. The molecular formula is C19H26N4OS. The van der Waals surface area contributed by atoms with Crippen molar-refractivity contribution in [1.29, 1.82) is 0 Å². The zero-order chi connectivity index (χ0) is 17.6. The Kier molecular flexibility index (Phi) is 6.18. The van der Waals surface area contributed by atoms with E-state index in [1.165, 1.54) is 0 Å². The monoisotopic (exact) mass is 358 g/mol.